The third-order valence-electron chi connectivity index (χ3n) is 3.99. The van der Waals surface area contributed by atoms with Gasteiger partial charge < -0.3 is 10.6 Å². The molecular weight excluding hydrogens is 288 g/mol. The maximum Gasteiger partial charge on any atom is 0.251 e. The van der Waals surface area contributed by atoms with Crippen LogP contribution in [-0.2, 0) is 4.79 Å². The Balaban J connectivity index is 1.66. The molecule has 0 spiro atoms. The molecule has 2 amide bonds. The fourth-order valence-electron chi connectivity index (χ4n) is 2.43. The summed E-state index contributed by atoms with van der Waals surface area (Å²) in [6.07, 6.45) is 1.92. The molecule has 1 atom stereocenters. The minimum atomic E-state index is -0.149. The third-order valence-corrected chi connectivity index (χ3v) is 3.99. The van der Waals surface area contributed by atoms with Crippen LogP contribution in [0.2, 0.25) is 0 Å². The number of carbonyl (C=O) groups excluding carboxylic acids is 2. The van der Waals surface area contributed by atoms with Crippen molar-refractivity contribution in [3.63, 3.8) is 0 Å². The first kappa shape index (κ1) is 15.3. The number of hydrogen-bond donors (Lipinski definition) is 2. The van der Waals surface area contributed by atoms with Crippen molar-refractivity contribution >= 4 is 17.5 Å². The highest BCUT2D eigenvalue weighted by atomic mass is 16.2. The number of rotatable bonds is 5. The van der Waals surface area contributed by atoms with E-state index < -0.39 is 0 Å². The average molecular weight is 308 g/mol. The quantitative estimate of drug-likeness (QED) is 0.888. The number of nitrogens with one attached hydrogen (secondary N) is 2. The summed E-state index contributed by atoms with van der Waals surface area (Å²) in [5, 5.41) is 5.84. The van der Waals surface area contributed by atoms with E-state index in [0.29, 0.717) is 11.3 Å². The fourth-order valence-corrected chi connectivity index (χ4v) is 2.43. The molecule has 3 rings (SSSR count). The molecule has 0 aliphatic heterocycles. The normalized spacial score (nSPS) is 14.8. The van der Waals surface area contributed by atoms with Gasteiger partial charge >= 0.3 is 0 Å². The highest BCUT2D eigenvalue weighted by Gasteiger charge is 2.29. The average Bonchev–Trinajstić information content (AvgIpc) is 3.41. The number of carbonyl (C=O) groups is 2. The van der Waals surface area contributed by atoms with E-state index >= 15 is 0 Å². The third kappa shape index (κ3) is 3.97. The molecule has 2 aromatic carbocycles. The SMILES string of the molecule is CC(NC(=O)c1cccc(NC(=O)C2CC2)c1)c1ccccc1. The van der Waals surface area contributed by atoms with Gasteiger partial charge in [-0.25, -0.2) is 0 Å². The topological polar surface area (TPSA) is 58.2 Å². The van der Waals surface area contributed by atoms with Gasteiger partial charge in [0.2, 0.25) is 5.91 Å². The van der Waals surface area contributed by atoms with Gasteiger partial charge in [0.15, 0.2) is 0 Å². The van der Waals surface area contributed by atoms with Crippen LogP contribution >= 0.6 is 0 Å². The molecule has 2 aromatic rings. The van der Waals surface area contributed by atoms with Crippen molar-refractivity contribution < 1.29 is 9.59 Å². The van der Waals surface area contributed by atoms with E-state index in [-0.39, 0.29) is 23.8 Å². The lowest BCUT2D eigenvalue weighted by Crippen LogP contribution is -2.26. The lowest BCUT2D eigenvalue weighted by atomic mass is 10.1. The monoisotopic (exact) mass is 308 g/mol. The summed E-state index contributed by atoms with van der Waals surface area (Å²) in [5.41, 5.74) is 2.27. The summed E-state index contributed by atoms with van der Waals surface area (Å²) in [7, 11) is 0. The molecule has 1 unspecified atom stereocenters. The molecule has 0 heterocycles. The van der Waals surface area contributed by atoms with E-state index in [1.807, 2.05) is 37.3 Å². The molecule has 1 fully saturated rings. The van der Waals surface area contributed by atoms with Gasteiger partial charge in [-0.2, -0.15) is 0 Å². The summed E-state index contributed by atoms with van der Waals surface area (Å²) in [4.78, 5) is 24.2. The van der Waals surface area contributed by atoms with Gasteiger partial charge in [-0.15, -0.1) is 0 Å². The van der Waals surface area contributed by atoms with Crippen LogP contribution in [0.3, 0.4) is 0 Å². The van der Waals surface area contributed by atoms with E-state index in [1.165, 1.54) is 0 Å². The van der Waals surface area contributed by atoms with Crippen molar-refractivity contribution in [1.29, 1.82) is 0 Å². The summed E-state index contributed by atoms with van der Waals surface area (Å²) in [6.45, 7) is 1.95. The predicted molar refractivity (Wildman–Crippen MR) is 90.1 cm³/mol. The molecule has 1 aliphatic carbocycles. The Morgan fingerprint density at radius 1 is 1.04 bits per heavy atom. The zero-order valence-electron chi connectivity index (χ0n) is 13.1. The van der Waals surface area contributed by atoms with Gasteiger partial charge in [0.25, 0.3) is 5.91 Å². The zero-order valence-corrected chi connectivity index (χ0v) is 13.1. The Hall–Kier alpha value is -2.62. The Kier molecular flexibility index (Phi) is 4.42. The first-order valence-corrected chi connectivity index (χ1v) is 7.90. The first-order chi connectivity index (χ1) is 11.1. The Bertz CT molecular complexity index is 708. The second-order valence-electron chi connectivity index (χ2n) is 5.95. The van der Waals surface area contributed by atoms with E-state index in [1.54, 1.807) is 24.3 Å². The summed E-state index contributed by atoms with van der Waals surface area (Å²) in [6, 6.07) is 16.8. The van der Waals surface area contributed by atoms with Crippen LogP contribution in [0.25, 0.3) is 0 Å². The van der Waals surface area contributed by atoms with Crippen molar-refractivity contribution in [1.82, 2.24) is 5.32 Å². The second-order valence-corrected chi connectivity index (χ2v) is 5.95. The summed E-state index contributed by atoms with van der Waals surface area (Å²) in [5.74, 6) is 0.0367. The molecule has 2 N–H and O–H groups in total. The molecule has 0 radical (unpaired) electrons. The van der Waals surface area contributed by atoms with Crippen molar-refractivity contribution in [3.8, 4) is 0 Å². The standard InChI is InChI=1S/C19H20N2O2/c1-13(14-6-3-2-4-7-14)20-19(23)16-8-5-9-17(12-16)21-18(22)15-10-11-15/h2-9,12-13,15H,10-11H2,1H3,(H,20,23)(H,21,22). The number of benzene rings is 2. The van der Waals surface area contributed by atoms with Crippen molar-refractivity contribution in [2.75, 3.05) is 5.32 Å². The van der Waals surface area contributed by atoms with Gasteiger partial charge in [0, 0.05) is 17.2 Å². The highest BCUT2D eigenvalue weighted by Crippen LogP contribution is 2.30. The van der Waals surface area contributed by atoms with E-state index in [4.69, 9.17) is 0 Å². The van der Waals surface area contributed by atoms with Gasteiger partial charge in [-0.3, -0.25) is 9.59 Å². The van der Waals surface area contributed by atoms with Gasteiger partial charge in [-0.05, 0) is 43.5 Å². The van der Waals surface area contributed by atoms with Crippen LogP contribution in [0.4, 0.5) is 5.69 Å². The maximum absolute atomic E-state index is 12.4. The number of anilines is 1. The van der Waals surface area contributed by atoms with Crippen LogP contribution in [-0.4, -0.2) is 11.8 Å². The minimum Gasteiger partial charge on any atom is -0.346 e. The Labute approximate surface area is 135 Å². The molecule has 0 saturated heterocycles. The second kappa shape index (κ2) is 6.65. The number of hydrogen-bond acceptors (Lipinski definition) is 2. The molecule has 1 aliphatic rings. The summed E-state index contributed by atoms with van der Waals surface area (Å²) < 4.78 is 0. The molecule has 1 saturated carbocycles. The minimum absolute atomic E-state index is 0.0419. The van der Waals surface area contributed by atoms with Crippen LogP contribution in [0.5, 0.6) is 0 Å². The van der Waals surface area contributed by atoms with Crippen molar-refractivity contribution in [2.24, 2.45) is 5.92 Å². The molecule has 118 valence electrons. The zero-order chi connectivity index (χ0) is 16.2. The van der Waals surface area contributed by atoms with Crippen LogP contribution in [0.15, 0.2) is 54.6 Å². The van der Waals surface area contributed by atoms with Gasteiger partial charge in [0.05, 0.1) is 6.04 Å². The molecule has 4 heteroatoms. The van der Waals surface area contributed by atoms with E-state index in [2.05, 4.69) is 10.6 Å². The van der Waals surface area contributed by atoms with Crippen molar-refractivity contribution in [3.05, 3.63) is 65.7 Å². The Morgan fingerprint density at radius 3 is 2.48 bits per heavy atom. The van der Waals surface area contributed by atoms with Gasteiger partial charge in [-0.1, -0.05) is 36.4 Å². The fraction of sp³-hybridized carbons (Fsp3) is 0.263. The smallest absolute Gasteiger partial charge is 0.251 e. The molecule has 0 bridgehead atoms. The lowest BCUT2D eigenvalue weighted by Gasteiger charge is -2.15. The van der Waals surface area contributed by atoms with E-state index in [0.717, 1.165) is 18.4 Å². The maximum atomic E-state index is 12.4. The predicted octanol–water partition coefficient (Wildman–Crippen LogP) is 3.53. The van der Waals surface area contributed by atoms with Crippen LogP contribution < -0.4 is 10.6 Å². The van der Waals surface area contributed by atoms with Crippen LogP contribution in [0, 0.1) is 5.92 Å². The Morgan fingerprint density at radius 2 is 1.78 bits per heavy atom. The van der Waals surface area contributed by atoms with E-state index in [9.17, 15) is 9.59 Å². The molecule has 23 heavy (non-hydrogen) atoms. The molecule has 0 aromatic heterocycles. The largest absolute Gasteiger partial charge is 0.346 e. The van der Waals surface area contributed by atoms with Crippen molar-refractivity contribution in [2.45, 2.75) is 25.8 Å². The molecular formula is C19H20N2O2. The van der Waals surface area contributed by atoms with Gasteiger partial charge in [0.1, 0.15) is 0 Å². The number of amides is 2. The van der Waals surface area contributed by atoms with Crippen LogP contribution in [0.1, 0.15) is 41.7 Å². The molecule has 4 nitrogen and oxygen atoms in total. The highest BCUT2D eigenvalue weighted by molar-refractivity contribution is 5.98. The summed E-state index contributed by atoms with van der Waals surface area (Å²) >= 11 is 0. The lowest BCUT2D eigenvalue weighted by molar-refractivity contribution is -0.117. The first-order valence-electron chi connectivity index (χ1n) is 7.90.